The zero-order valence-corrected chi connectivity index (χ0v) is 19.3. The second-order valence-corrected chi connectivity index (χ2v) is 9.59. The minimum atomic E-state index is -0.695. The molecule has 33 heavy (non-hydrogen) atoms. The third kappa shape index (κ3) is 4.95. The van der Waals surface area contributed by atoms with Crippen molar-refractivity contribution in [3.05, 3.63) is 33.8 Å². The minimum absolute atomic E-state index is 0.0396. The van der Waals surface area contributed by atoms with Crippen molar-refractivity contribution in [2.45, 2.75) is 64.6 Å². The summed E-state index contributed by atoms with van der Waals surface area (Å²) in [5.41, 5.74) is -0.527. The van der Waals surface area contributed by atoms with Crippen LogP contribution < -0.4 is 16.2 Å². The minimum Gasteiger partial charge on any atom is -0.494 e. The van der Waals surface area contributed by atoms with E-state index in [4.69, 9.17) is 4.74 Å². The molecule has 3 N–H and O–H groups in total. The highest BCUT2D eigenvalue weighted by molar-refractivity contribution is 5.97. The number of aromatic hydroxyl groups is 1. The number of aromatic nitrogens is 3. The van der Waals surface area contributed by atoms with E-state index < -0.39 is 17.3 Å². The summed E-state index contributed by atoms with van der Waals surface area (Å²) in [4.78, 5) is 38.3. The van der Waals surface area contributed by atoms with E-state index in [-0.39, 0.29) is 29.0 Å². The topological polar surface area (TPSA) is 127 Å². The fourth-order valence-electron chi connectivity index (χ4n) is 4.00. The number of carbonyl (C=O) groups excluding carboxylic acids is 2. The number of fused-ring (bicyclic) bond motifs is 1. The number of nitrogens with zero attached hydrogens (tertiary/aromatic N) is 3. The molecule has 10 nitrogen and oxygen atoms in total. The average molecular weight is 458 g/mol. The predicted octanol–water partition coefficient (Wildman–Crippen LogP) is 1.45. The summed E-state index contributed by atoms with van der Waals surface area (Å²) in [5, 5.41) is 20.9. The molecule has 0 unspecified atom stereocenters. The summed E-state index contributed by atoms with van der Waals surface area (Å²) in [6.45, 7) is 7.48. The predicted molar refractivity (Wildman–Crippen MR) is 122 cm³/mol. The third-order valence-corrected chi connectivity index (χ3v) is 6.04. The molecule has 0 atom stereocenters. The molecule has 1 saturated heterocycles. The molecule has 3 heterocycles. The van der Waals surface area contributed by atoms with Crippen LogP contribution in [0.1, 0.15) is 62.4 Å². The van der Waals surface area contributed by atoms with Gasteiger partial charge in [-0.2, -0.15) is 9.61 Å². The lowest BCUT2D eigenvalue weighted by molar-refractivity contribution is -0.119. The van der Waals surface area contributed by atoms with Crippen LogP contribution in [-0.4, -0.2) is 55.9 Å². The van der Waals surface area contributed by atoms with Gasteiger partial charge in [-0.3, -0.25) is 19.0 Å². The molecule has 2 aliphatic rings. The normalized spacial score (nSPS) is 18.2. The molecule has 2 fully saturated rings. The van der Waals surface area contributed by atoms with Crippen LogP contribution in [0, 0.1) is 5.92 Å². The van der Waals surface area contributed by atoms with Gasteiger partial charge in [0.15, 0.2) is 5.56 Å². The standard InChI is InChI=1S/C23H31N5O5/c1-14(2)13-27-20-15(4-7-17(29)26-23(3)8-10-33-11-9-23)12-24-28(20)22(32)18(21(27)31)19(30)25-16-5-6-16/h4,7,12,14,16,31H,5-6,8-11,13H2,1-3H3,(H,25,30)(H,26,29). The van der Waals surface area contributed by atoms with Crippen molar-refractivity contribution >= 4 is 23.5 Å². The van der Waals surface area contributed by atoms with Gasteiger partial charge in [0.1, 0.15) is 5.65 Å². The first-order valence-corrected chi connectivity index (χ1v) is 11.4. The summed E-state index contributed by atoms with van der Waals surface area (Å²) in [6, 6.07) is 0.0396. The average Bonchev–Trinajstić information content (AvgIpc) is 3.45. The number of hydrogen-bond donors (Lipinski definition) is 3. The first kappa shape index (κ1) is 23.0. The van der Waals surface area contributed by atoms with E-state index in [0.29, 0.717) is 31.0 Å². The highest BCUT2D eigenvalue weighted by Crippen LogP contribution is 2.25. The van der Waals surface area contributed by atoms with Gasteiger partial charge >= 0.3 is 0 Å². The fraction of sp³-hybridized carbons (Fsp3) is 0.565. The van der Waals surface area contributed by atoms with Gasteiger partial charge in [-0.25, -0.2) is 0 Å². The highest BCUT2D eigenvalue weighted by Gasteiger charge is 2.30. The van der Waals surface area contributed by atoms with Crippen molar-refractivity contribution < 1.29 is 19.4 Å². The lowest BCUT2D eigenvalue weighted by atomic mass is 9.92. The molecule has 1 saturated carbocycles. The van der Waals surface area contributed by atoms with Gasteiger partial charge in [-0.15, -0.1) is 0 Å². The Kier molecular flexibility index (Phi) is 6.29. The van der Waals surface area contributed by atoms with Crippen LogP contribution in [0.2, 0.25) is 0 Å². The van der Waals surface area contributed by atoms with Crippen LogP contribution in [-0.2, 0) is 16.1 Å². The van der Waals surface area contributed by atoms with E-state index >= 15 is 0 Å². The van der Waals surface area contributed by atoms with Crippen molar-refractivity contribution in [2.75, 3.05) is 13.2 Å². The maximum atomic E-state index is 13.0. The smallest absolute Gasteiger partial charge is 0.291 e. The number of carbonyl (C=O) groups is 2. The van der Waals surface area contributed by atoms with Crippen molar-refractivity contribution in [1.29, 1.82) is 0 Å². The van der Waals surface area contributed by atoms with E-state index in [1.807, 2.05) is 20.8 Å². The van der Waals surface area contributed by atoms with E-state index in [0.717, 1.165) is 30.2 Å². The number of rotatable bonds is 7. The SMILES string of the molecule is CC(C)Cn1c(O)c(C(=O)NC2CC2)c(=O)n2ncc(C=CC(=O)NC3(C)CCOCC3)c12. The van der Waals surface area contributed by atoms with E-state index in [2.05, 4.69) is 15.7 Å². The van der Waals surface area contributed by atoms with Gasteiger partial charge in [0.05, 0.1) is 6.20 Å². The van der Waals surface area contributed by atoms with Gasteiger partial charge in [0.25, 0.3) is 11.5 Å². The Morgan fingerprint density at radius 2 is 2.03 bits per heavy atom. The number of nitrogens with one attached hydrogen (secondary N) is 2. The van der Waals surface area contributed by atoms with Crippen molar-refractivity contribution in [2.24, 2.45) is 5.92 Å². The molecule has 1 aliphatic heterocycles. The van der Waals surface area contributed by atoms with Gasteiger partial charge in [0, 0.05) is 43.0 Å². The molecule has 2 amide bonds. The largest absolute Gasteiger partial charge is 0.494 e. The summed E-state index contributed by atoms with van der Waals surface area (Å²) in [6.07, 6.45) is 7.61. The molecule has 4 rings (SSSR count). The van der Waals surface area contributed by atoms with Crippen molar-refractivity contribution in [3.63, 3.8) is 0 Å². The van der Waals surface area contributed by atoms with Crippen molar-refractivity contribution in [1.82, 2.24) is 24.8 Å². The van der Waals surface area contributed by atoms with Gasteiger partial charge in [-0.05, 0) is 44.6 Å². The summed E-state index contributed by atoms with van der Waals surface area (Å²) in [5.74, 6) is -1.14. The first-order chi connectivity index (χ1) is 15.7. The Hall–Kier alpha value is -3.14. The molecule has 0 radical (unpaired) electrons. The maximum Gasteiger partial charge on any atom is 0.291 e. The van der Waals surface area contributed by atoms with Crippen LogP contribution >= 0.6 is 0 Å². The van der Waals surface area contributed by atoms with Crippen LogP contribution in [0.3, 0.4) is 0 Å². The van der Waals surface area contributed by atoms with E-state index in [1.54, 1.807) is 6.08 Å². The molecule has 2 aromatic heterocycles. The van der Waals surface area contributed by atoms with E-state index in [9.17, 15) is 19.5 Å². The molecule has 2 aromatic rings. The molecule has 0 spiro atoms. The lowest BCUT2D eigenvalue weighted by Crippen LogP contribution is -2.49. The number of hydrogen-bond acceptors (Lipinski definition) is 6. The Labute approximate surface area is 191 Å². The zero-order valence-electron chi connectivity index (χ0n) is 19.3. The third-order valence-electron chi connectivity index (χ3n) is 6.04. The summed E-state index contributed by atoms with van der Waals surface area (Å²) in [7, 11) is 0. The lowest BCUT2D eigenvalue weighted by Gasteiger charge is -2.34. The van der Waals surface area contributed by atoms with Crippen LogP contribution in [0.5, 0.6) is 5.88 Å². The molecule has 0 bridgehead atoms. The van der Waals surface area contributed by atoms with E-state index in [1.165, 1.54) is 16.8 Å². The number of ether oxygens (including phenoxy) is 1. The Morgan fingerprint density at radius 1 is 1.33 bits per heavy atom. The number of amides is 2. The molecule has 178 valence electrons. The second-order valence-electron chi connectivity index (χ2n) is 9.59. The first-order valence-electron chi connectivity index (χ1n) is 11.4. The van der Waals surface area contributed by atoms with Crippen LogP contribution in [0.15, 0.2) is 17.1 Å². The Bertz CT molecular complexity index is 1150. The van der Waals surface area contributed by atoms with Crippen molar-refractivity contribution in [3.8, 4) is 5.88 Å². The Morgan fingerprint density at radius 3 is 2.67 bits per heavy atom. The van der Waals surface area contributed by atoms with Crippen LogP contribution in [0.4, 0.5) is 0 Å². The van der Waals surface area contributed by atoms with Gasteiger partial charge < -0.3 is 20.5 Å². The monoisotopic (exact) mass is 457 g/mol. The fourth-order valence-corrected chi connectivity index (χ4v) is 4.00. The van der Waals surface area contributed by atoms with Gasteiger partial charge in [-0.1, -0.05) is 13.8 Å². The molecule has 0 aromatic carbocycles. The zero-order chi connectivity index (χ0) is 23.8. The molecule has 1 aliphatic carbocycles. The maximum absolute atomic E-state index is 13.0. The highest BCUT2D eigenvalue weighted by atomic mass is 16.5. The molecular formula is C23H31N5O5. The summed E-state index contributed by atoms with van der Waals surface area (Å²) < 4.78 is 7.99. The second kappa shape index (κ2) is 9.01. The van der Waals surface area contributed by atoms with Crippen LogP contribution in [0.25, 0.3) is 11.7 Å². The quantitative estimate of drug-likeness (QED) is 0.540. The molecular weight excluding hydrogens is 426 g/mol. The summed E-state index contributed by atoms with van der Waals surface area (Å²) >= 11 is 0. The molecule has 10 heteroatoms. The van der Waals surface area contributed by atoms with Gasteiger partial charge in [0.2, 0.25) is 11.8 Å². The Balaban J connectivity index is 1.69.